The van der Waals surface area contributed by atoms with Crippen LogP contribution < -0.4 is 70.4 Å². The number of hydrogen-bond acceptors (Lipinski definition) is 4. The summed E-state index contributed by atoms with van der Waals surface area (Å²) in [4.78, 5) is 0. The van der Waals surface area contributed by atoms with Crippen molar-refractivity contribution in [3.63, 3.8) is 0 Å². The predicted octanol–water partition coefficient (Wildman–Crippen LogP) is -7.43. The molecule has 0 aromatic carbocycles. The van der Waals surface area contributed by atoms with E-state index in [1.165, 1.54) is 0 Å². The van der Waals surface area contributed by atoms with Crippen molar-refractivity contribution in [2.75, 3.05) is 12.3 Å². The average Bonchev–Trinajstić information content (AvgIpc) is 1.59. The molecule has 0 saturated carbocycles. The molecular formula is C2H10N2Na2O3S. The van der Waals surface area contributed by atoms with E-state index in [9.17, 15) is 8.42 Å². The third-order valence-corrected chi connectivity index (χ3v) is 1.22. The first kappa shape index (κ1) is 17.8. The molecule has 0 amide bonds. The van der Waals surface area contributed by atoms with Crippen LogP contribution in [-0.4, -0.2) is 25.3 Å². The number of nitrogens with one attached hydrogen (secondary N) is 1. The molecule has 0 atom stereocenters. The molecule has 0 rings (SSSR count). The minimum Gasteiger partial charge on any atom is -1.00 e. The maximum atomic E-state index is 9.85. The van der Waals surface area contributed by atoms with E-state index in [1.807, 2.05) is 0 Å². The summed E-state index contributed by atoms with van der Waals surface area (Å²) in [6, 6.07) is 0. The van der Waals surface area contributed by atoms with Crippen LogP contribution in [0.25, 0.3) is 0 Å². The number of rotatable bonds is 3. The maximum absolute atomic E-state index is 9.85. The molecule has 0 bridgehead atoms. The molecule has 0 aliphatic rings. The Morgan fingerprint density at radius 1 is 1.50 bits per heavy atom. The Hall–Kier alpha value is 1.83. The van der Waals surface area contributed by atoms with Gasteiger partial charge in [0.2, 0.25) is 0 Å². The Morgan fingerprint density at radius 2 is 1.90 bits per heavy atom. The molecule has 0 unspecified atom stereocenters. The zero-order valence-corrected chi connectivity index (χ0v) is 11.0. The van der Waals surface area contributed by atoms with Crippen LogP contribution in [0.5, 0.6) is 0 Å². The second kappa shape index (κ2) is 8.92. The van der Waals surface area contributed by atoms with Crippen molar-refractivity contribution in [3.05, 3.63) is 0 Å². The van der Waals surface area contributed by atoms with Crippen LogP contribution in [0.4, 0.5) is 0 Å². The van der Waals surface area contributed by atoms with Crippen LogP contribution >= 0.6 is 0 Å². The Bertz CT molecular complexity index is 154. The first-order chi connectivity index (χ1) is 3.56. The minimum atomic E-state index is -3.83. The molecule has 8 heteroatoms. The largest absolute Gasteiger partial charge is 1.00 e. The van der Waals surface area contributed by atoms with Gasteiger partial charge in [-0.25, -0.2) is 0 Å². The van der Waals surface area contributed by atoms with Gasteiger partial charge in [-0.3, -0.25) is 15.8 Å². The van der Waals surface area contributed by atoms with E-state index in [4.69, 9.17) is 10.4 Å². The first-order valence-electron chi connectivity index (χ1n) is 1.95. The predicted molar refractivity (Wildman–Crippen MR) is 30.8 cm³/mol. The van der Waals surface area contributed by atoms with Gasteiger partial charge in [-0.2, -0.15) is 8.42 Å². The SMILES string of the molecule is NNCCS(=O)(=O)O.[H-].[H-].[Na+].[Na+]. The van der Waals surface area contributed by atoms with Crippen LogP contribution in [0.1, 0.15) is 2.85 Å². The number of hydrogen-bond donors (Lipinski definition) is 3. The molecular weight excluding hydrogens is 178 g/mol. The molecule has 0 aromatic rings. The van der Waals surface area contributed by atoms with Gasteiger partial charge in [-0.05, 0) is 0 Å². The van der Waals surface area contributed by atoms with Crippen molar-refractivity contribution in [1.29, 1.82) is 0 Å². The van der Waals surface area contributed by atoms with Crippen LogP contribution in [0.15, 0.2) is 0 Å². The molecule has 0 radical (unpaired) electrons. The zero-order chi connectivity index (χ0) is 6.62. The van der Waals surface area contributed by atoms with E-state index < -0.39 is 10.1 Å². The summed E-state index contributed by atoms with van der Waals surface area (Å²) in [6.07, 6.45) is 0. The van der Waals surface area contributed by atoms with Crippen molar-refractivity contribution in [2.45, 2.75) is 0 Å². The standard InChI is InChI=1S/C2H8N2O3S.2Na.2H/c3-4-1-2-8(5,6)7;;;;/h4H,1-3H2,(H,5,6,7);;;;/q;2*+1;2*-1. The second-order valence-electron chi connectivity index (χ2n) is 1.24. The normalized spacial score (nSPS) is 9.40. The topological polar surface area (TPSA) is 92.4 Å². The average molecular weight is 188 g/mol. The van der Waals surface area contributed by atoms with Crippen LogP contribution in [-0.2, 0) is 10.1 Å². The third kappa shape index (κ3) is 16.4. The van der Waals surface area contributed by atoms with Gasteiger partial charge in [0.15, 0.2) is 0 Å². The quantitative estimate of drug-likeness (QED) is 0.177. The molecule has 0 fully saturated rings. The van der Waals surface area contributed by atoms with Crippen molar-refractivity contribution in [3.8, 4) is 0 Å². The molecule has 10 heavy (non-hydrogen) atoms. The molecule has 0 heterocycles. The molecule has 0 aliphatic carbocycles. The fourth-order valence-electron chi connectivity index (χ4n) is 0.188. The van der Waals surface area contributed by atoms with Crippen molar-refractivity contribution in [1.82, 2.24) is 5.43 Å². The van der Waals surface area contributed by atoms with E-state index >= 15 is 0 Å². The smallest absolute Gasteiger partial charge is 1.00 e. The Balaban J connectivity index is -0.0000000408. The Kier molecular flexibility index (Phi) is 15.9. The van der Waals surface area contributed by atoms with E-state index in [1.54, 1.807) is 0 Å². The molecule has 0 saturated heterocycles. The van der Waals surface area contributed by atoms with Gasteiger partial charge in [0.05, 0.1) is 5.75 Å². The van der Waals surface area contributed by atoms with Crippen molar-refractivity contribution in [2.24, 2.45) is 5.84 Å². The fourth-order valence-corrected chi connectivity index (χ4v) is 0.564. The molecule has 0 aromatic heterocycles. The van der Waals surface area contributed by atoms with Crippen LogP contribution in [0, 0.1) is 0 Å². The summed E-state index contributed by atoms with van der Waals surface area (Å²) in [6.45, 7) is 0.0683. The van der Waals surface area contributed by atoms with Crippen LogP contribution in [0.2, 0.25) is 0 Å². The van der Waals surface area contributed by atoms with Gasteiger partial charge in [0.25, 0.3) is 10.1 Å². The summed E-state index contributed by atoms with van der Waals surface area (Å²) in [5, 5.41) is 0. The van der Waals surface area contributed by atoms with Crippen molar-refractivity contribution >= 4 is 10.1 Å². The summed E-state index contributed by atoms with van der Waals surface area (Å²) < 4.78 is 27.7. The molecule has 5 nitrogen and oxygen atoms in total. The fraction of sp³-hybridized carbons (Fsp3) is 1.00. The molecule has 0 aliphatic heterocycles. The molecule has 0 spiro atoms. The summed E-state index contributed by atoms with van der Waals surface area (Å²) >= 11 is 0. The number of hydrazine groups is 1. The van der Waals surface area contributed by atoms with Gasteiger partial charge < -0.3 is 2.85 Å². The summed E-state index contributed by atoms with van der Waals surface area (Å²) in [7, 11) is -3.83. The van der Waals surface area contributed by atoms with E-state index in [0.717, 1.165) is 0 Å². The maximum Gasteiger partial charge on any atom is 1.00 e. The molecule has 4 N–H and O–H groups in total. The van der Waals surface area contributed by atoms with Gasteiger partial charge in [0.1, 0.15) is 0 Å². The summed E-state index contributed by atoms with van der Waals surface area (Å²) in [5.74, 6) is 4.37. The third-order valence-electron chi connectivity index (χ3n) is 0.504. The van der Waals surface area contributed by atoms with E-state index in [2.05, 4.69) is 5.43 Å². The van der Waals surface area contributed by atoms with Crippen molar-refractivity contribution < 1.29 is 74.9 Å². The Labute approximate surface area is 107 Å². The van der Waals surface area contributed by atoms with E-state index in [-0.39, 0.29) is 74.3 Å². The van der Waals surface area contributed by atoms with Gasteiger partial charge in [0, 0.05) is 6.54 Å². The first-order valence-corrected chi connectivity index (χ1v) is 3.56. The second-order valence-corrected chi connectivity index (χ2v) is 2.81. The number of nitrogens with two attached hydrogens (primary N) is 1. The Morgan fingerprint density at radius 3 is 2.00 bits per heavy atom. The summed E-state index contributed by atoms with van der Waals surface area (Å²) in [5.41, 5.74) is 2.09. The zero-order valence-electron chi connectivity index (χ0n) is 8.16. The van der Waals surface area contributed by atoms with Gasteiger partial charge in [-0.1, -0.05) is 0 Å². The monoisotopic (exact) mass is 188 g/mol. The van der Waals surface area contributed by atoms with Gasteiger partial charge in [-0.15, -0.1) is 0 Å². The van der Waals surface area contributed by atoms with Crippen LogP contribution in [0.3, 0.4) is 0 Å². The molecule has 54 valence electrons. The minimum absolute atomic E-state index is 0. The van der Waals surface area contributed by atoms with Gasteiger partial charge >= 0.3 is 59.1 Å². The van der Waals surface area contributed by atoms with E-state index in [0.29, 0.717) is 0 Å².